The molecule has 0 atom stereocenters. The van der Waals surface area contributed by atoms with Crippen molar-refractivity contribution in [1.29, 1.82) is 0 Å². The number of hydrogen-bond acceptors (Lipinski definition) is 5. The minimum Gasteiger partial charge on any atom is -0.475 e. The highest BCUT2D eigenvalue weighted by molar-refractivity contribution is 7.89. The number of halogens is 4. The van der Waals surface area contributed by atoms with Gasteiger partial charge in [-0.05, 0) is 24.1 Å². The molecule has 1 saturated heterocycles. The maximum absolute atomic E-state index is 13.1. The first-order valence-corrected chi connectivity index (χ1v) is 13.3. The Morgan fingerprint density at radius 3 is 2.19 bits per heavy atom. The zero-order valence-corrected chi connectivity index (χ0v) is 21.7. The summed E-state index contributed by atoms with van der Waals surface area (Å²) in [5, 5.41) is 10.8. The molecule has 0 bridgehead atoms. The highest BCUT2D eigenvalue weighted by atomic mass is 35.5. The highest BCUT2D eigenvalue weighted by Crippen LogP contribution is 2.18. The molecule has 0 spiro atoms. The van der Waals surface area contributed by atoms with Crippen LogP contribution >= 0.6 is 11.6 Å². The number of aliphatic carboxylic acids is 1. The normalized spacial score (nSPS) is 14.4. The molecular weight excluding hydrogens is 535 g/mol. The molecule has 8 nitrogen and oxygen atoms in total. The molecule has 1 aliphatic rings. The Balaban J connectivity index is 0.000000604. The lowest BCUT2D eigenvalue weighted by Gasteiger charge is -2.29. The van der Waals surface area contributed by atoms with Crippen LogP contribution in [0.4, 0.5) is 13.2 Å². The van der Waals surface area contributed by atoms with Crippen LogP contribution < -0.4 is 5.32 Å². The van der Waals surface area contributed by atoms with E-state index in [0.717, 1.165) is 16.7 Å². The van der Waals surface area contributed by atoms with Gasteiger partial charge in [0.2, 0.25) is 15.9 Å². The minimum absolute atomic E-state index is 0.100. The lowest BCUT2D eigenvalue weighted by Crippen LogP contribution is -2.48. The second kappa shape index (κ2) is 13.8. The summed E-state index contributed by atoms with van der Waals surface area (Å²) in [5.74, 6) is -2.97. The summed E-state index contributed by atoms with van der Waals surface area (Å²) in [6, 6.07) is 15.1. The number of nitrogens with one attached hydrogen (secondary N) is 1. The van der Waals surface area contributed by atoms with E-state index in [2.05, 4.69) is 5.32 Å². The lowest BCUT2D eigenvalue weighted by atomic mass is 10.1. The van der Waals surface area contributed by atoms with Crippen molar-refractivity contribution in [2.75, 3.05) is 38.5 Å². The second-order valence-electron chi connectivity index (χ2n) is 8.34. The van der Waals surface area contributed by atoms with Crippen LogP contribution in [-0.2, 0) is 32.6 Å². The van der Waals surface area contributed by atoms with Crippen molar-refractivity contribution in [2.24, 2.45) is 0 Å². The number of rotatable bonds is 8. The van der Waals surface area contributed by atoms with Gasteiger partial charge < -0.3 is 15.3 Å². The molecule has 37 heavy (non-hydrogen) atoms. The van der Waals surface area contributed by atoms with E-state index in [9.17, 15) is 26.4 Å². The van der Waals surface area contributed by atoms with Crippen molar-refractivity contribution in [2.45, 2.75) is 26.1 Å². The third kappa shape index (κ3) is 10.3. The van der Waals surface area contributed by atoms with Gasteiger partial charge in [-0.3, -0.25) is 4.79 Å². The number of benzene rings is 2. The van der Waals surface area contributed by atoms with Gasteiger partial charge in [0, 0.05) is 44.3 Å². The maximum Gasteiger partial charge on any atom is 0.490 e. The molecule has 1 fully saturated rings. The topological polar surface area (TPSA) is 107 Å². The second-order valence-corrected chi connectivity index (χ2v) is 10.8. The van der Waals surface area contributed by atoms with Crippen molar-refractivity contribution >= 4 is 33.5 Å². The monoisotopic (exact) mass is 563 g/mol. The van der Waals surface area contributed by atoms with Gasteiger partial charge in [-0.15, -0.1) is 0 Å². The zero-order valence-electron chi connectivity index (χ0n) is 20.2. The predicted molar refractivity (Wildman–Crippen MR) is 134 cm³/mol. The highest BCUT2D eigenvalue weighted by Gasteiger charge is 2.38. The van der Waals surface area contributed by atoms with Crippen molar-refractivity contribution in [3.05, 3.63) is 70.2 Å². The number of amides is 1. The smallest absolute Gasteiger partial charge is 0.475 e. The molecule has 0 aliphatic carbocycles. The molecule has 204 valence electrons. The third-order valence-electron chi connectivity index (χ3n) is 5.48. The molecular formula is C24H29ClF3N3O5S. The number of hydrogen-bond donors (Lipinski definition) is 2. The third-order valence-corrected chi connectivity index (χ3v) is 7.70. The maximum atomic E-state index is 13.1. The quantitative estimate of drug-likeness (QED) is 0.511. The van der Waals surface area contributed by atoms with Crippen LogP contribution in [-0.4, -0.2) is 79.3 Å². The molecule has 0 saturated carbocycles. The van der Waals surface area contributed by atoms with Gasteiger partial charge in [0.25, 0.3) is 0 Å². The number of carboxylic acid groups (broad SMARTS) is 1. The fourth-order valence-electron chi connectivity index (χ4n) is 3.39. The Labute approximate surface area is 219 Å². The Morgan fingerprint density at radius 2 is 1.65 bits per heavy atom. The number of carbonyl (C=O) groups is 2. The fraction of sp³-hybridized carbons (Fsp3) is 0.417. The van der Waals surface area contributed by atoms with E-state index >= 15 is 0 Å². The van der Waals surface area contributed by atoms with Crippen molar-refractivity contribution < 1.29 is 36.3 Å². The summed E-state index contributed by atoms with van der Waals surface area (Å²) >= 11 is 6.29. The molecule has 0 unspecified atom stereocenters. The van der Waals surface area contributed by atoms with Gasteiger partial charge in [-0.25, -0.2) is 13.2 Å². The van der Waals surface area contributed by atoms with Crippen molar-refractivity contribution in [3.63, 3.8) is 0 Å². The lowest BCUT2D eigenvalue weighted by molar-refractivity contribution is -0.192. The summed E-state index contributed by atoms with van der Waals surface area (Å²) in [6.07, 6.45) is -4.86. The summed E-state index contributed by atoms with van der Waals surface area (Å²) < 4.78 is 58.8. The van der Waals surface area contributed by atoms with Gasteiger partial charge in [-0.2, -0.15) is 17.5 Å². The first-order valence-electron chi connectivity index (χ1n) is 11.3. The van der Waals surface area contributed by atoms with E-state index in [0.29, 0.717) is 31.2 Å². The van der Waals surface area contributed by atoms with Crippen molar-refractivity contribution in [3.8, 4) is 0 Å². The standard InChI is InChI=1S/C22H28ClN3O3S.C2HF3O2/c1-18-6-8-19(9-7-18)16-22(27)25(17-20-4-2-3-5-21(20)23)14-15-30(28,29)26-12-10-24-11-13-26;3-2(4,5)1(6)7/h2-9,24H,10-17H2,1H3;(H,6,7). The van der Waals surface area contributed by atoms with Crippen LogP contribution in [0.2, 0.25) is 5.02 Å². The summed E-state index contributed by atoms with van der Waals surface area (Å²) in [4.78, 5) is 23.6. The molecule has 13 heteroatoms. The molecule has 2 N–H and O–H groups in total. The van der Waals surface area contributed by atoms with Crippen LogP contribution in [0.25, 0.3) is 0 Å². The summed E-state index contributed by atoms with van der Waals surface area (Å²) in [7, 11) is -3.43. The van der Waals surface area contributed by atoms with Crippen molar-refractivity contribution in [1.82, 2.24) is 14.5 Å². The van der Waals surface area contributed by atoms with Gasteiger partial charge in [-0.1, -0.05) is 59.6 Å². The van der Waals surface area contributed by atoms with E-state index in [-0.39, 0.29) is 31.2 Å². The van der Waals surface area contributed by atoms with Gasteiger partial charge in [0.1, 0.15) is 0 Å². The minimum atomic E-state index is -5.08. The van der Waals surface area contributed by atoms with E-state index < -0.39 is 22.2 Å². The fourth-order valence-corrected chi connectivity index (χ4v) is 5.04. The van der Waals surface area contributed by atoms with Crippen LogP contribution in [0.5, 0.6) is 0 Å². The Bertz CT molecular complexity index is 1150. The average molecular weight is 564 g/mol. The Kier molecular flexibility index (Phi) is 11.4. The molecule has 2 aromatic carbocycles. The van der Waals surface area contributed by atoms with E-state index in [4.69, 9.17) is 21.5 Å². The average Bonchev–Trinajstić information content (AvgIpc) is 2.84. The summed E-state index contributed by atoms with van der Waals surface area (Å²) in [6.45, 7) is 4.62. The van der Waals surface area contributed by atoms with Gasteiger partial charge in [0.05, 0.1) is 12.2 Å². The first kappa shape index (κ1) is 30.6. The van der Waals surface area contributed by atoms with Crippen LogP contribution in [0, 0.1) is 6.92 Å². The Morgan fingerprint density at radius 1 is 1.08 bits per heavy atom. The van der Waals surface area contributed by atoms with Crippen LogP contribution in [0.1, 0.15) is 16.7 Å². The largest absolute Gasteiger partial charge is 0.490 e. The molecule has 0 radical (unpaired) electrons. The number of carboxylic acids is 1. The molecule has 3 rings (SSSR count). The summed E-state index contributed by atoms with van der Waals surface area (Å²) in [5.41, 5.74) is 2.83. The van der Waals surface area contributed by atoms with E-state index in [1.807, 2.05) is 49.4 Å². The van der Waals surface area contributed by atoms with Gasteiger partial charge in [0.15, 0.2) is 0 Å². The molecule has 2 aromatic rings. The molecule has 1 amide bonds. The molecule has 0 aromatic heterocycles. The van der Waals surface area contributed by atoms with Gasteiger partial charge >= 0.3 is 12.1 Å². The number of aryl methyl sites for hydroxylation is 1. The Hall–Kier alpha value is -2.67. The van der Waals surface area contributed by atoms with Crippen LogP contribution in [0.15, 0.2) is 48.5 Å². The molecule has 1 heterocycles. The molecule has 1 aliphatic heterocycles. The number of piperazine rings is 1. The predicted octanol–water partition coefficient (Wildman–Crippen LogP) is 3.09. The number of carbonyl (C=O) groups excluding carboxylic acids is 1. The number of nitrogens with zero attached hydrogens (tertiary/aromatic N) is 2. The van der Waals surface area contributed by atoms with Crippen LogP contribution in [0.3, 0.4) is 0 Å². The zero-order chi connectivity index (χ0) is 27.6. The first-order chi connectivity index (χ1) is 17.3. The SMILES string of the molecule is Cc1ccc(CC(=O)N(CCS(=O)(=O)N2CCNCC2)Cc2ccccc2Cl)cc1.O=C(O)C(F)(F)F. The van der Waals surface area contributed by atoms with E-state index in [1.54, 1.807) is 11.0 Å². The number of sulfonamides is 1. The number of alkyl halides is 3. The van der Waals surface area contributed by atoms with E-state index in [1.165, 1.54) is 4.31 Å².